The third-order valence-electron chi connectivity index (χ3n) is 4.10. The molecule has 27 heavy (non-hydrogen) atoms. The first-order chi connectivity index (χ1) is 12.8. The van der Waals surface area contributed by atoms with Gasteiger partial charge in [0, 0.05) is 6.07 Å². The van der Waals surface area contributed by atoms with Crippen LogP contribution in [0.5, 0.6) is 11.5 Å². The maximum Gasteiger partial charge on any atom is 0.314 e. The van der Waals surface area contributed by atoms with Crippen LogP contribution >= 0.6 is 0 Å². The quantitative estimate of drug-likeness (QED) is 0.575. The van der Waals surface area contributed by atoms with Gasteiger partial charge >= 0.3 is 11.1 Å². The summed E-state index contributed by atoms with van der Waals surface area (Å²) in [5.41, 5.74) is -0.367. The Morgan fingerprint density at radius 3 is 2.26 bits per heavy atom. The van der Waals surface area contributed by atoms with Gasteiger partial charge in [-0.2, -0.15) is 0 Å². The van der Waals surface area contributed by atoms with E-state index < -0.39 is 21.1 Å². The highest BCUT2D eigenvalue weighted by Gasteiger charge is 2.20. The topological polar surface area (TPSA) is 130 Å². The van der Waals surface area contributed by atoms with Crippen LogP contribution < -0.4 is 25.3 Å². The first-order valence-corrected chi connectivity index (χ1v) is 9.51. The first-order valence-electron chi connectivity index (χ1n) is 8.03. The van der Waals surface area contributed by atoms with Crippen molar-refractivity contribution in [3.8, 4) is 11.5 Å². The van der Waals surface area contributed by atoms with E-state index in [1.807, 2.05) is 0 Å². The molecule has 2 aromatic carbocycles. The van der Waals surface area contributed by atoms with Gasteiger partial charge in [-0.3, -0.25) is 14.3 Å². The molecule has 4 rings (SSSR count). The minimum Gasteiger partial charge on any atom is -0.486 e. The number of nitrogens with one attached hydrogen (secondary N) is 3. The summed E-state index contributed by atoms with van der Waals surface area (Å²) in [5.74, 6) is 1.01. The SMILES string of the molecule is Cc1cc2[nH]c(=O)c(=O)[nH]c2cc1S(=O)(=O)Nc1ccc2c(c1)OCCO2. The average Bonchev–Trinajstić information content (AvgIpc) is 2.62. The standard InChI is InChI=1S/C17H15N3O6S/c1-9-6-11-12(19-17(22)16(21)18-11)8-15(9)27(23,24)20-10-2-3-13-14(7-10)26-5-4-25-13/h2-3,6-8,20H,4-5H2,1H3,(H,18,21)(H,19,22). The first kappa shape index (κ1) is 17.2. The molecule has 10 heteroatoms. The molecule has 0 unspecified atom stereocenters. The third-order valence-corrected chi connectivity index (χ3v) is 5.62. The van der Waals surface area contributed by atoms with Crippen LogP contribution in [0.3, 0.4) is 0 Å². The van der Waals surface area contributed by atoms with E-state index in [-0.39, 0.29) is 10.4 Å². The zero-order chi connectivity index (χ0) is 19.2. The number of sulfonamides is 1. The molecular weight excluding hydrogens is 374 g/mol. The van der Waals surface area contributed by atoms with E-state index in [1.54, 1.807) is 25.1 Å². The smallest absolute Gasteiger partial charge is 0.314 e. The number of aromatic nitrogens is 2. The number of ether oxygens (including phenoxy) is 2. The highest BCUT2D eigenvalue weighted by Crippen LogP contribution is 2.33. The van der Waals surface area contributed by atoms with Gasteiger partial charge in [-0.05, 0) is 36.8 Å². The van der Waals surface area contributed by atoms with Crippen LogP contribution in [0.1, 0.15) is 5.56 Å². The van der Waals surface area contributed by atoms with Crippen LogP contribution in [-0.4, -0.2) is 31.6 Å². The predicted octanol–water partition coefficient (Wildman–Crippen LogP) is 1.10. The lowest BCUT2D eigenvalue weighted by atomic mass is 10.2. The molecule has 0 saturated heterocycles. The summed E-state index contributed by atoms with van der Waals surface area (Å²) in [6, 6.07) is 7.54. The number of anilines is 1. The Bertz CT molecular complexity index is 1280. The summed E-state index contributed by atoms with van der Waals surface area (Å²) in [6.07, 6.45) is 0. The lowest BCUT2D eigenvalue weighted by Gasteiger charge is -2.19. The Labute approximate surface area is 153 Å². The van der Waals surface area contributed by atoms with Gasteiger partial charge < -0.3 is 19.4 Å². The van der Waals surface area contributed by atoms with Crippen LogP contribution in [0.4, 0.5) is 5.69 Å². The van der Waals surface area contributed by atoms with Gasteiger partial charge in [0.05, 0.1) is 21.6 Å². The van der Waals surface area contributed by atoms with E-state index in [0.29, 0.717) is 41.5 Å². The Morgan fingerprint density at radius 2 is 1.56 bits per heavy atom. The maximum absolute atomic E-state index is 12.8. The zero-order valence-electron chi connectivity index (χ0n) is 14.2. The normalized spacial score (nSPS) is 13.5. The molecule has 3 aromatic rings. The van der Waals surface area contributed by atoms with Crippen LogP contribution in [0.25, 0.3) is 11.0 Å². The van der Waals surface area contributed by atoms with Gasteiger partial charge in [0.15, 0.2) is 11.5 Å². The largest absolute Gasteiger partial charge is 0.486 e. The second-order valence-corrected chi connectivity index (χ2v) is 7.69. The summed E-state index contributed by atoms with van der Waals surface area (Å²) in [5, 5.41) is 0. The minimum absolute atomic E-state index is 0.0208. The van der Waals surface area contributed by atoms with Gasteiger partial charge in [-0.1, -0.05) is 0 Å². The highest BCUT2D eigenvalue weighted by molar-refractivity contribution is 7.92. The van der Waals surface area contributed by atoms with E-state index in [9.17, 15) is 18.0 Å². The van der Waals surface area contributed by atoms with Crippen molar-refractivity contribution in [1.29, 1.82) is 0 Å². The lowest BCUT2D eigenvalue weighted by molar-refractivity contribution is 0.171. The molecule has 9 nitrogen and oxygen atoms in total. The molecule has 140 valence electrons. The third kappa shape index (κ3) is 3.14. The number of hydrogen-bond acceptors (Lipinski definition) is 6. The number of hydrogen-bond donors (Lipinski definition) is 3. The van der Waals surface area contributed by atoms with Crippen molar-refractivity contribution in [3.63, 3.8) is 0 Å². The zero-order valence-corrected chi connectivity index (χ0v) is 15.0. The summed E-state index contributed by atoms with van der Waals surface area (Å²) in [6.45, 7) is 2.43. The Kier molecular flexibility index (Phi) is 3.92. The molecule has 2 heterocycles. The molecule has 0 saturated carbocycles. The lowest BCUT2D eigenvalue weighted by Crippen LogP contribution is -2.29. The van der Waals surface area contributed by atoms with Crippen molar-refractivity contribution in [2.24, 2.45) is 0 Å². The van der Waals surface area contributed by atoms with Crippen LogP contribution in [0, 0.1) is 6.92 Å². The minimum atomic E-state index is -3.95. The fourth-order valence-electron chi connectivity index (χ4n) is 2.86. The summed E-state index contributed by atoms with van der Waals surface area (Å²) in [4.78, 5) is 27.7. The van der Waals surface area contributed by atoms with E-state index in [4.69, 9.17) is 9.47 Å². The van der Waals surface area contributed by atoms with E-state index in [1.165, 1.54) is 12.1 Å². The summed E-state index contributed by atoms with van der Waals surface area (Å²) in [7, 11) is -3.95. The Balaban J connectivity index is 1.75. The number of fused-ring (bicyclic) bond motifs is 2. The van der Waals surface area contributed by atoms with E-state index in [2.05, 4.69) is 14.7 Å². The number of benzene rings is 2. The van der Waals surface area contributed by atoms with Crippen molar-refractivity contribution in [3.05, 3.63) is 56.6 Å². The second-order valence-electron chi connectivity index (χ2n) is 6.04. The summed E-state index contributed by atoms with van der Waals surface area (Å²) >= 11 is 0. The van der Waals surface area contributed by atoms with E-state index in [0.717, 1.165) is 0 Å². The van der Waals surface area contributed by atoms with Crippen molar-refractivity contribution in [2.45, 2.75) is 11.8 Å². The molecule has 0 bridgehead atoms. The maximum atomic E-state index is 12.8. The molecule has 0 radical (unpaired) electrons. The molecule has 0 atom stereocenters. The molecule has 0 aliphatic carbocycles. The van der Waals surface area contributed by atoms with Gasteiger partial charge in [-0.25, -0.2) is 8.42 Å². The van der Waals surface area contributed by atoms with Crippen LogP contribution in [0.15, 0.2) is 44.8 Å². The fraction of sp³-hybridized carbons (Fsp3) is 0.176. The number of H-pyrrole nitrogens is 2. The monoisotopic (exact) mass is 389 g/mol. The van der Waals surface area contributed by atoms with Crippen LogP contribution in [-0.2, 0) is 10.0 Å². The van der Waals surface area contributed by atoms with Crippen molar-refractivity contribution in [2.75, 3.05) is 17.9 Å². The Morgan fingerprint density at radius 1 is 0.926 bits per heavy atom. The van der Waals surface area contributed by atoms with Gasteiger partial charge in [0.1, 0.15) is 13.2 Å². The molecular formula is C17H15N3O6S. The number of aryl methyl sites for hydroxylation is 1. The highest BCUT2D eigenvalue weighted by atomic mass is 32.2. The predicted molar refractivity (Wildman–Crippen MR) is 98.2 cm³/mol. The number of aromatic amines is 2. The van der Waals surface area contributed by atoms with Crippen LogP contribution in [0.2, 0.25) is 0 Å². The second kappa shape index (κ2) is 6.16. The van der Waals surface area contributed by atoms with Crippen molar-refractivity contribution >= 4 is 26.7 Å². The molecule has 1 aliphatic rings. The van der Waals surface area contributed by atoms with Gasteiger partial charge in [-0.15, -0.1) is 0 Å². The van der Waals surface area contributed by atoms with E-state index >= 15 is 0 Å². The molecule has 0 fully saturated rings. The average molecular weight is 389 g/mol. The molecule has 0 amide bonds. The Hall–Kier alpha value is -3.27. The molecule has 1 aliphatic heterocycles. The molecule has 0 spiro atoms. The fourth-order valence-corrected chi connectivity index (χ4v) is 4.16. The van der Waals surface area contributed by atoms with Crippen molar-refractivity contribution in [1.82, 2.24) is 9.97 Å². The van der Waals surface area contributed by atoms with Gasteiger partial charge in [0.2, 0.25) is 0 Å². The number of rotatable bonds is 3. The summed E-state index contributed by atoms with van der Waals surface area (Å²) < 4.78 is 39.0. The van der Waals surface area contributed by atoms with Crippen molar-refractivity contribution < 1.29 is 17.9 Å². The molecule has 3 N–H and O–H groups in total. The molecule has 1 aromatic heterocycles. The van der Waals surface area contributed by atoms with Gasteiger partial charge in [0.25, 0.3) is 10.0 Å².